The maximum Gasteiger partial charge on any atom is 0.181 e. The van der Waals surface area contributed by atoms with Crippen LogP contribution in [0.5, 0.6) is 0 Å². The van der Waals surface area contributed by atoms with Gasteiger partial charge in [-0.1, -0.05) is 13.8 Å². The van der Waals surface area contributed by atoms with Crippen molar-refractivity contribution in [3.05, 3.63) is 0 Å². The molecule has 0 aromatic rings. The van der Waals surface area contributed by atoms with Crippen LogP contribution in [0.2, 0.25) is 0 Å². The molecule has 0 radical (unpaired) electrons. The van der Waals surface area contributed by atoms with E-state index in [1.54, 1.807) is 0 Å². The summed E-state index contributed by atoms with van der Waals surface area (Å²) >= 11 is 0. The number of hydrogen-bond donors (Lipinski definition) is 2. The Morgan fingerprint density at radius 2 is 1.61 bits per heavy atom. The van der Waals surface area contributed by atoms with Gasteiger partial charge in [-0.25, -0.2) is 0 Å². The summed E-state index contributed by atoms with van der Waals surface area (Å²) in [4.78, 5) is 0. The summed E-state index contributed by atoms with van der Waals surface area (Å²) in [5.74, 6) is 4.56. The van der Waals surface area contributed by atoms with Crippen LogP contribution in [0.3, 0.4) is 0 Å². The summed E-state index contributed by atoms with van der Waals surface area (Å²) in [5.41, 5.74) is -0.577. The Bertz CT molecular complexity index is 782. The van der Waals surface area contributed by atoms with Crippen LogP contribution in [0.4, 0.5) is 0 Å². The minimum absolute atomic E-state index is 0.0361. The van der Waals surface area contributed by atoms with Gasteiger partial charge in [0, 0.05) is 6.42 Å². The van der Waals surface area contributed by atoms with Gasteiger partial charge < -0.3 is 24.4 Å². The van der Waals surface area contributed by atoms with Crippen LogP contribution < -0.4 is 0 Å². The van der Waals surface area contributed by atoms with E-state index in [1.165, 1.54) is 25.7 Å². The summed E-state index contributed by atoms with van der Waals surface area (Å²) in [6.45, 7) is 9.23. The Morgan fingerprint density at radius 1 is 0.903 bits per heavy atom. The summed E-state index contributed by atoms with van der Waals surface area (Å²) in [6, 6.07) is 0. The third kappa shape index (κ3) is 2.31. The number of fused-ring (bicyclic) bond motifs is 10. The quantitative estimate of drug-likeness (QED) is 0.716. The molecule has 6 aliphatic carbocycles. The summed E-state index contributed by atoms with van der Waals surface area (Å²) < 4.78 is 18.1. The SMILES string of the molecule is C[C@]12CCC3C(C1[C@@H]1C[C@@H]1[C@]2(C)OCC1OCCO1)[C@H]1C[C@H]1[C@]1(O)C[C@@H](O)CC[C@]31C. The van der Waals surface area contributed by atoms with E-state index in [-0.39, 0.29) is 28.8 Å². The van der Waals surface area contributed by atoms with Gasteiger partial charge in [-0.2, -0.15) is 0 Å². The molecule has 3 unspecified atom stereocenters. The fourth-order valence-electron chi connectivity index (χ4n) is 10.5. The molecule has 0 spiro atoms. The number of aliphatic hydroxyl groups is 2. The van der Waals surface area contributed by atoms with Crippen LogP contribution in [0.1, 0.15) is 65.7 Å². The van der Waals surface area contributed by atoms with Gasteiger partial charge in [-0.3, -0.25) is 0 Å². The second-order valence-corrected chi connectivity index (χ2v) is 13.0. The van der Waals surface area contributed by atoms with Gasteiger partial charge in [0.2, 0.25) is 0 Å². The zero-order valence-corrected chi connectivity index (χ0v) is 19.4. The standard InChI is InChI=1S/C26H40O5/c1-23-6-4-14(27)12-26(23,28)19-10-15(19)21-17(23)5-7-24(2)22(21)16-11-18(16)25(24,3)31-13-20-29-8-9-30-20/h14-22,27-28H,4-13H2,1-3H3/t14-,15-,16+,17?,18-,19+,21?,22?,23+,24-,25-,26+/m0/s1. The van der Waals surface area contributed by atoms with Crippen LogP contribution in [0, 0.1) is 52.3 Å². The van der Waals surface area contributed by atoms with E-state index in [9.17, 15) is 10.2 Å². The minimum Gasteiger partial charge on any atom is -0.393 e. The molecule has 0 aromatic carbocycles. The van der Waals surface area contributed by atoms with E-state index >= 15 is 0 Å². The van der Waals surface area contributed by atoms with E-state index < -0.39 is 5.60 Å². The molecular formula is C26H40O5. The number of ether oxygens (including phenoxy) is 3. The molecule has 7 aliphatic rings. The van der Waals surface area contributed by atoms with Gasteiger partial charge in [-0.15, -0.1) is 0 Å². The molecule has 1 aliphatic heterocycles. The van der Waals surface area contributed by atoms with Crippen LogP contribution in [-0.2, 0) is 14.2 Å². The van der Waals surface area contributed by atoms with E-state index in [1.807, 2.05) is 0 Å². The highest BCUT2D eigenvalue weighted by atomic mass is 16.7. The molecule has 12 atom stereocenters. The number of rotatable bonds is 3. The smallest absolute Gasteiger partial charge is 0.181 e. The van der Waals surface area contributed by atoms with Crippen LogP contribution >= 0.6 is 0 Å². The van der Waals surface area contributed by atoms with E-state index in [4.69, 9.17) is 14.2 Å². The fraction of sp³-hybridized carbons (Fsp3) is 1.00. The van der Waals surface area contributed by atoms with Gasteiger partial charge in [-0.05, 0) is 97.7 Å². The van der Waals surface area contributed by atoms with Crippen molar-refractivity contribution in [1.29, 1.82) is 0 Å². The van der Waals surface area contributed by atoms with E-state index in [0.29, 0.717) is 49.9 Å². The Balaban J connectivity index is 1.21. The Hall–Kier alpha value is -0.200. The molecule has 7 rings (SSSR count). The summed E-state index contributed by atoms with van der Waals surface area (Å²) in [7, 11) is 0. The first-order valence-corrected chi connectivity index (χ1v) is 13.0. The first kappa shape index (κ1) is 20.2. The van der Waals surface area contributed by atoms with Gasteiger partial charge in [0.1, 0.15) is 0 Å². The zero-order valence-electron chi connectivity index (χ0n) is 19.4. The molecule has 5 heteroatoms. The third-order valence-electron chi connectivity index (χ3n) is 12.2. The van der Waals surface area contributed by atoms with Crippen LogP contribution in [-0.4, -0.2) is 53.6 Å². The normalized spacial score (nSPS) is 64.2. The number of hydrogen-bond acceptors (Lipinski definition) is 5. The number of aliphatic hydroxyl groups excluding tert-OH is 1. The summed E-state index contributed by atoms with van der Waals surface area (Å²) in [6.07, 6.45) is 6.80. The summed E-state index contributed by atoms with van der Waals surface area (Å²) in [5, 5.41) is 22.4. The molecule has 2 N–H and O–H groups in total. The van der Waals surface area contributed by atoms with Crippen molar-refractivity contribution in [1.82, 2.24) is 0 Å². The molecule has 31 heavy (non-hydrogen) atoms. The largest absolute Gasteiger partial charge is 0.393 e. The molecule has 5 nitrogen and oxygen atoms in total. The predicted octanol–water partition coefficient (Wildman–Crippen LogP) is 3.36. The van der Waals surface area contributed by atoms with Crippen molar-refractivity contribution in [2.24, 2.45) is 52.3 Å². The van der Waals surface area contributed by atoms with Gasteiger partial charge in [0.05, 0.1) is 37.1 Å². The average molecular weight is 433 g/mol. The highest BCUT2D eigenvalue weighted by molar-refractivity contribution is 5.29. The minimum atomic E-state index is -0.650. The molecular weight excluding hydrogens is 392 g/mol. The van der Waals surface area contributed by atoms with Crippen LogP contribution in [0.15, 0.2) is 0 Å². The first-order chi connectivity index (χ1) is 14.7. The second kappa shape index (κ2) is 6.07. The molecule has 0 amide bonds. The van der Waals surface area contributed by atoms with E-state index in [2.05, 4.69) is 20.8 Å². The van der Waals surface area contributed by atoms with Crippen molar-refractivity contribution in [2.75, 3.05) is 19.8 Å². The first-order valence-electron chi connectivity index (χ1n) is 13.0. The Kier molecular flexibility index (Phi) is 3.96. The second-order valence-electron chi connectivity index (χ2n) is 13.0. The maximum atomic E-state index is 11.9. The zero-order chi connectivity index (χ0) is 21.4. The predicted molar refractivity (Wildman–Crippen MR) is 114 cm³/mol. The molecule has 1 saturated heterocycles. The van der Waals surface area contributed by atoms with Crippen molar-refractivity contribution in [3.8, 4) is 0 Å². The van der Waals surface area contributed by atoms with Crippen molar-refractivity contribution in [3.63, 3.8) is 0 Å². The van der Waals surface area contributed by atoms with Gasteiger partial charge in [0.25, 0.3) is 0 Å². The molecule has 7 fully saturated rings. The highest BCUT2D eigenvalue weighted by Gasteiger charge is 2.80. The van der Waals surface area contributed by atoms with Crippen molar-refractivity contribution < 1.29 is 24.4 Å². The van der Waals surface area contributed by atoms with E-state index in [0.717, 1.165) is 30.6 Å². The topological polar surface area (TPSA) is 68.2 Å². The Morgan fingerprint density at radius 3 is 2.39 bits per heavy atom. The maximum absolute atomic E-state index is 11.9. The lowest BCUT2D eigenvalue weighted by Gasteiger charge is -2.65. The molecule has 0 bridgehead atoms. The van der Waals surface area contributed by atoms with Crippen molar-refractivity contribution in [2.45, 2.75) is 89.3 Å². The van der Waals surface area contributed by atoms with Gasteiger partial charge >= 0.3 is 0 Å². The van der Waals surface area contributed by atoms with Gasteiger partial charge in [0.15, 0.2) is 6.29 Å². The fourth-order valence-corrected chi connectivity index (χ4v) is 10.5. The molecule has 6 saturated carbocycles. The lowest BCUT2D eigenvalue weighted by atomic mass is 9.42. The lowest BCUT2D eigenvalue weighted by Crippen LogP contribution is -2.65. The third-order valence-corrected chi connectivity index (χ3v) is 12.2. The van der Waals surface area contributed by atoms with Crippen molar-refractivity contribution >= 4 is 0 Å². The monoisotopic (exact) mass is 432 g/mol. The average Bonchev–Trinajstić information content (AvgIpc) is 3.63. The Labute approximate surface area is 186 Å². The highest BCUT2D eigenvalue weighted by Crippen LogP contribution is 2.82. The molecule has 0 aromatic heterocycles. The molecule has 1 heterocycles. The van der Waals surface area contributed by atoms with Crippen LogP contribution in [0.25, 0.3) is 0 Å². The lowest BCUT2D eigenvalue weighted by molar-refractivity contribution is -0.244. The molecule has 174 valence electrons.